The molecule has 0 aromatic carbocycles. The van der Waals surface area contributed by atoms with Gasteiger partial charge in [-0.2, -0.15) is 0 Å². The number of anilines is 1. The van der Waals surface area contributed by atoms with Crippen LogP contribution in [0.1, 0.15) is 44.2 Å². The number of hydrogen-bond acceptors (Lipinski definition) is 5. The van der Waals surface area contributed by atoms with Gasteiger partial charge in [0, 0.05) is 17.8 Å². The normalized spacial score (nSPS) is 19.6. The van der Waals surface area contributed by atoms with Gasteiger partial charge < -0.3 is 15.5 Å². The van der Waals surface area contributed by atoms with Gasteiger partial charge in [0.05, 0.1) is 30.1 Å². The first-order valence-electron chi connectivity index (χ1n) is 9.79. The second-order valence-electron chi connectivity index (χ2n) is 8.15. The largest absolute Gasteiger partial charge is 0.392 e. The van der Waals surface area contributed by atoms with E-state index in [4.69, 9.17) is 0 Å². The molecule has 160 valence electrons. The van der Waals surface area contributed by atoms with E-state index in [2.05, 4.69) is 15.3 Å². The summed E-state index contributed by atoms with van der Waals surface area (Å²) in [6, 6.07) is 1.73. The summed E-state index contributed by atoms with van der Waals surface area (Å²) in [5, 5.41) is 22.8. The van der Waals surface area contributed by atoms with Crippen molar-refractivity contribution in [3.63, 3.8) is 0 Å². The van der Waals surface area contributed by atoms with Gasteiger partial charge >= 0.3 is 0 Å². The maximum Gasteiger partial charge on any atom is 0.168 e. The number of aliphatic hydroxyl groups excluding tert-OH is 1. The predicted molar refractivity (Wildman–Crippen MR) is 106 cm³/mol. The van der Waals surface area contributed by atoms with Crippen LogP contribution in [-0.4, -0.2) is 36.8 Å². The van der Waals surface area contributed by atoms with Crippen LogP contribution in [0.15, 0.2) is 24.5 Å². The SMILES string of the molecule is CC(C)(O)c1cn2c(-c3nc(N[C@H]4CCC[C@@H]4F)c(F)cc3F)cnc2cc1CO. The van der Waals surface area contributed by atoms with Crippen molar-refractivity contribution in [2.45, 2.75) is 57.5 Å². The summed E-state index contributed by atoms with van der Waals surface area (Å²) in [4.78, 5) is 8.32. The van der Waals surface area contributed by atoms with Gasteiger partial charge in [0.25, 0.3) is 0 Å². The monoisotopic (exact) mass is 420 g/mol. The smallest absolute Gasteiger partial charge is 0.168 e. The van der Waals surface area contributed by atoms with Gasteiger partial charge in [-0.15, -0.1) is 0 Å². The summed E-state index contributed by atoms with van der Waals surface area (Å²) >= 11 is 0. The van der Waals surface area contributed by atoms with Crippen molar-refractivity contribution in [3.05, 3.63) is 47.3 Å². The molecule has 1 fully saturated rings. The molecular weight excluding hydrogens is 397 g/mol. The number of pyridine rings is 2. The Balaban J connectivity index is 1.82. The third kappa shape index (κ3) is 3.63. The number of aromatic nitrogens is 3. The fourth-order valence-electron chi connectivity index (χ4n) is 3.92. The van der Waals surface area contributed by atoms with Crippen LogP contribution in [0.25, 0.3) is 17.0 Å². The fourth-order valence-corrected chi connectivity index (χ4v) is 3.92. The zero-order valence-electron chi connectivity index (χ0n) is 16.7. The van der Waals surface area contributed by atoms with Crippen molar-refractivity contribution < 1.29 is 23.4 Å². The Morgan fingerprint density at radius 3 is 2.63 bits per heavy atom. The van der Waals surface area contributed by atoms with E-state index in [9.17, 15) is 23.4 Å². The fraction of sp³-hybridized carbons (Fsp3) is 0.429. The molecular formula is C21H23F3N4O2. The molecule has 30 heavy (non-hydrogen) atoms. The molecule has 4 rings (SSSR count). The number of nitrogens with zero attached hydrogens (tertiary/aromatic N) is 3. The minimum absolute atomic E-state index is 0.154. The van der Waals surface area contributed by atoms with Gasteiger partial charge in [-0.3, -0.25) is 4.40 Å². The average molecular weight is 420 g/mol. The van der Waals surface area contributed by atoms with Crippen molar-refractivity contribution in [3.8, 4) is 11.4 Å². The van der Waals surface area contributed by atoms with Crippen molar-refractivity contribution in [1.29, 1.82) is 0 Å². The maximum absolute atomic E-state index is 14.7. The van der Waals surface area contributed by atoms with Crippen molar-refractivity contribution in [1.82, 2.24) is 14.4 Å². The number of halogens is 3. The summed E-state index contributed by atoms with van der Waals surface area (Å²) in [5.41, 5.74) is 0.137. The Morgan fingerprint density at radius 2 is 2.00 bits per heavy atom. The quantitative estimate of drug-likeness (QED) is 0.586. The summed E-state index contributed by atoms with van der Waals surface area (Å²) in [5.74, 6) is -2.01. The Kier molecular flexibility index (Phi) is 5.19. The lowest BCUT2D eigenvalue weighted by atomic mass is 9.95. The number of aliphatic hydroxyl groups is 2. The second-order valence-corrected chi connectivity index (χ2v) is 8.15. The molecule has 0 saturated heterocycles. The standard InChI is InChI=1S/C21H23F3N4O2/c1-21(2,30)12-9-28-17(8-25-18(28)6-11(12)10-29)19-14(23)7-15(24)20(27-19)26-16-5-3-4-13(16)22/h6-9,13,16,29-30H,3-5,10H2,1-2H3,(H,26,27)/t13-,16-/m0/s1. The number of hydrogen-bond donors (Lipinski definition) is 3. The number of nitrogens with one attached hydrogen (secondary N) is 1. The number of imidazole rings is 1. The van der Waals surface area contributed by atoms with Crippen LogP contribution in [0.2, 0.25) is 0 Å². The average Bonchev–Trinajstić information content (AvgIpc) is 3.28. The Morgan fingerprint density at radius 1 is 1.23 bits per heavy atom. The molecule has 0 unspecified atom stereocenters. The number of alkyl halides is 1. The van der Waals surface area contributed by atoms with Crippen molar-refractivity contribution in [2.24, 2.45) is 0 Å². The highest BCUT2D eigenvalue weighted by Gasteiger charge is 2.29. The van der Waals surface area contributed by atoms with Gasteiger partial charge in [-0.1, -0.05) is 0 Å². The van der Waals surface area contributed by atoms with Crippen LogP contribution < -0.4 is 5.32 Å². The van der Waals surface area contributed by atoms with Gasteiger partial charge in [0.15, 0.2) is 17.5 Å². The summed E-state index contributed by atoms with van der Waals surface area (Å²) in [6.07, 6.45) is 3.45. The van der Waals surface area contributed by atoms with E-state index < -0.39 is 29.4 Å². The highest BCUT2D eigenvalue weighted by molar-refractivity contribution is 5.64. The zero-order chi connectivity index (χ0) is 21.6. The minimum atomic E-state index is -1.27. The summed E-state index contributed by atoms with van der Waals surface area (Å²) in [6.45, 7) is 2.83. The van der Waals surface area contributed by atoms with Gasteiger partial charge in [-0.05, 0) is 44.7 Å². The lowest BCUT2D eigenvalue weighted by Gasteiger charge is -2.21. The number of rotatable bonds is 5. The zero-order valence-corrected chi connectivity index (χ0v) is 16.7. The molecule has 3 aromatic rings. The summed E-state index contributed by atoms with van der Waals surface area (Å²) < 4.78 is 44.4. The molecule has 0 amide bonds. The molecule has 2 atom stereocenters. The highest BCUT2D eigenvalue weighted by Crippen LogP contribution is 2.31. The molecule has 3 N–H and O–H groups in total. The molecule has 1 aliphatic carbocycles. The van der Waals surface area contributed by atoms with Crippen molar-refractivity contribution in [2.75, 3.05) is 5.32 Å². The van der Waals surface area contributed by atoms with E-state index >= 15 is 0 Å². The van der Waals surface area contributed by atoms with Gasteiger partial charge in [0.1, 0.15) is 17.5 Å². The second kappa shape index (κ2) is 7.55. The van der Waals surface area contributed by atoms with Crippen LogP contribution in [0.4, 0.5) is 19.0 Å². The van der Waals surface area contributed by atoms with E-state index in [1.165, 1.54) is 10.6 Å². The van der Waals surface area contributed by atoms with Crippen LogP contribution in [0, 0.1) is 11.6 Å². The van der Waals surface area contributed by atoms with Crippen LogP contribution in [0.5, 0.6) is 0 Å². The first-order chi connectivity index (χ1) is 14.2. The lowest BCUT2D eigenvalue weighted by molar-refractivity contribution is 0.0755. The molecule has 0 bridgehead atoms. The number of fused-ring (bicyclic) bond motifs is 1. The molecule has 1 aliphatic rings. The maximum atomic E-state index is 14.7. The van der Waals surface area contributed by atoms with E-state index in [1.807, 2.05) is 0 Å². The lowest BCUT2D eigenvalue weighted by Crippen LogP contribution is -2.26. The highest BCUT2D eigenvalue weighted by atomic mass is 19.1. The first kappa shape index (κ1) is 20.6. The summed E-state index contributed by atoms with van der Waals surface area (Å²) in [7, 11) is 0. The topological polar surface area (TPSA) is 82.7 Å². The molecule has 9 heteroatoms. The molecule has 3 aromatic heterocycles. The van der Waals surface area contributed by atoms with Crippen LogP contribution >= 0.6 is 0 Å². The van der Waals surface area contributed by atoms with E-state index in [0.717, 1.165) is 0 Å². The minimum Gasteiger partial charge on any atom is -0.392 e. The Labute approximate surface area is 171 Å². The van der Waals surface area contributed by atoms with Crippen molar-refractivity contribution >= 4 is 11.5 Å². The molecule has 0 spiro atoms. The van der Waals surface area contributed by atoms with Gasteiger partial charge in [0.2, 0.25) is 0 Å². The first-order valence-corrected chi connectivity index (χ1v) is 9.79. The molecule has 0 radical (unpaired) electrons. The predicted octanol–water partition coefficient (Wildman–Crippen LogP) is 3.70. The Hall–Kier alpha value is -2.65. The van der Waals surface area contributed by atoms with E-state index in [-0.39, 0.29) is 23.8 Å². The van der Waals surface area contributed by atoms with E-state index in [1.54, 1.807) is 26.1 Å². The van der Waals surface area contributed by atoms with Crippen LogP contribution in [0.3, 0.4) is 0 Å². The van der Waals surface area contributed by atoms with E-state index in [0.29, 0.717) is 42.1 Å². The Bertz CT molecular complexity index is 1090. The molecule has 0 aliphatic heterocycles. The van der Waals surface area contributed by atoms with Gasteiger partial charge in [-0.25, -0.2) is 23.1 Å². The molecule has 1 saturated carbocycles. The molecule has 3 heterocycles. The van der Waals surface area contributed by atoms with Crippen LogP contribution in [-0.2, 0) is 12.2 Å². The third-order valence-electron chi connectivity index (χ3n) is 5.49. The third-order valence-corrected chi connectivity index (χ3v) is 5.49. The molecule has 6 nitrogen and oxygen atoms in total.